The molecular formula is C22H18N2O2S. The second-order valence-corrected chi connectivity index (χ2v) is 7.34. The second-order valence-electron chi connectivity index (χ2n) is 6.17. The summed E-state index contributed by atoms with van der Waals surface area (Å²) in [7, 11) is 0. The van der Waals surface area contributed by atoms with Crippen molar-refractivity contribution in [2.24, 2.45) is 5.73 Å². The molecule has 4 aromatic rings. The molecule has 27 heavy (non-hydrogen) atoms. The maximum Gasteiger partial charge on any atom is 0.337 e. The Morgan fingerprint density at radius 3 is 2.44 bits per heavy atom. The number of para-hydroxylation sites is 1. The number of hydrogen-bond donors (Lipinski definition) is 2. The molecule has 134 valence electrons. The van der Waals surface area contributed by atoms with Gasteiger partial charge in [-0.15, -0.1) is 11.8 Å². The minimum atomic E-state index is -0.943. The van der Waals surface area contributed by atoms with E-state index in [1.165, 1.54) is 0 Å². The smallest absolute Gasteiger partial charge is 0.337 e. The molecule has 0 amide bonds. The summed E-state index contributed by atoms with van der Waals surface area (Å²) in [6.45, 7) is 0.635. The normalized spacial score (nSPS) is 11.1. The monoisotopic (exact) mass is 374 g/mol. The third-order valence-corrected chi connectivity index (χ3v) is 5.52. The average molecular weight is 374 g/mol. The van der Waals surface area contributed by atoms with Crippen LogP contribution in [0.25, 0.3) is 32.9 Å². The number of hydrogen-bond acceptors (Lipinski definition) is 4. The molecule has 0 bridgehead atoms. The predicted molar refractivity (Wildman–Crippen MR) is 111 cm³/mol. The van der Waals surface area contributed by atoms with Crippen molar-refractivity contribution in [3.63, 3.8) is 0 Å². The molecule has 5 heteroatoms. The fraction of sp³-hybridized carbons (Fsp3) is 0.0909. The maximum atomic E-state index is 12.1. The van der Waals surface area contributed by atoms with Crippen LogP contribution in [0.2, 0.25) is 0 Å². The summed E-state index contributed by atoms with van der Waals surface area (Å²) in [5.41, 5.74) is 9.08. The van der Waals surface area contributed by atoms with Gasteiger partial charge in [0.05, 0.1) is 16.6 Å². The van der Waals surface area contributed by atoms with Crippen molar-refractivity contribution in [3.8, 4) is 11.1 Å². The number of pyridine rings is 1. The number of carboxylic acids is 1. The van der Waals surface area contributed by atoms with Crippen molar-refractivity contribution < 1.29 is 9.90 Å². The highest BCUT2D eigenvalue weighted by molar-refractivity contribution is 7.99. The first-order valence-corrected chi connectivity index (χ1v) is 9.65. The molecule has 4 nitrogen and oxygen atoms in total. The van der Waals surface area contributed by atoms with Crippen LogP contribution in [0.3, 0.4) is 0 Å². The number of nitrogens with zero attached hydrogens (tertiary/aromatic N) is 1. The second kappa shape index (κ2) is 7.39. The first-order chi connectivity index (χ1) is 13.2. The van der Waals surface area contributed by atoms with Crippen molar-refractivity contribution in [2.45, 2.75) is 4.90 Å². The standard InChI is InChI=1S/C22H18N2O2S/c23-12-13-27-15-10-8-14(9-11-15)16-5-3-7-19-20(16)21(22(25)26)17-4-1-2-6-18(17)24-19/h1-11H,12-13,23H2,(H,25,26). The van der Waals surface area contributed by atoms with E-state index in [4.69, 9.17) is 5.73 Å². The maximum absolute atomic E-state index is 12.1. The van der Waals surface area contributed by atoms with E-state index in [1.807, 2.05) is 66.7 Å². The number of fused-ring (bicyclic) bond motifs is 2. The molecule has 0 aliphatic heterocycles. The Bertz CT molecular complexity index is 1140. The van der Waals surface area contributed by atoms with E-state index in [-0.39, 0.29) is 0 Å². The average Bonchev–Trinajstić information content (AvgIpc) is 2.70. The largest absolute Gasteiger partial charge is 0.478 e. The summed E-state index contributed by atoms with van der Waals surface area (Å²) in [6.07, 6.45) is 0. The van der Waals surface area contributed by atoms with Gasteiger partial charge in [0.25, 0.3) is 0 Å². The zero-order valence-electron chi connectivity index (χ0n) is 14.6. The SMILES string of the molecule is NCCSc1ccc(-c2cccc3nc4ccccc4c(C(=O)O)c23)cc1. The summed E-state index contributed by atoms with van der Waals surface area (Å²) < 4.78 is 0. The molecule has 0 unspecified atom stereocenters. The molecular weight excluding hydrogens is 356 g/mol. The summed E-state index contributed by atoms with van der Waals surface area (Å²) in [5, 5.41) is 11.3. The highest BCUT2D eigenvalue weighted by atomic mass is 32.2. The molecule has 0 atom stereocenters. The van der Waals surface area contributed by atoms with Crippen molar-refractivity contribution in [3.05, 3.63) is 72.3 Å². The Labute approximate surface area is 161 Å². The summed E-state index contributed by atoms with van der Waals surface area (Å²) in [4.78, 5) is 18.0. The Morgan fingerprint density at radius 1 is 0.963 bits per heavy atom. The van der Waals surface area contributed by atoms with Crippen LogP contribution in [-0.2, 0) is 0 Å². The molecule has 1 aromatic heterocycles. The minimum Gasteiger partial charge on any atom is -0.478 e. The van der Waals surface area contributed by atoms with Gasteiger partial charge in [0.1, 0.15) is 0 Å². The van der Waals surface area contributed by atoms with Crippen LogP contribution in [-0.4, -0.2) is 28.4 Å². The highest BCUT2D eigenvalue weighted by Gasteiger charge is 2.18. The van der Waals surface area contributed by atoms with Crippen molar-refractivity contribution in [2.75, 3.05) is 12.3 Å². The van der Waals surface area contributed by atoms with Gasteiger partial charge in [-0.05, 0) is 35.4 Å². The van der Waals surface area contributed by atoms with Crippen LogP contribution in [0.4, 0.5) is 0 Å². The van der Waals surface area contributed by atoms with E-state index in [0.29, 0.717) is 33.9 Å². The number of carboxylic acid groups (broad SMARTS) is 1. The number of aromatic carboxylic acids is 1. The minimum absolute atomic E-state index is 0.299. The van der Waals surface area contributed by atoms with Gasteiger partial charge < -0.3 is 10.8 Å². The van der Waals surface area contributed by atoms with Crippen LogP contribution in [0.1, 0.15) is 10.4 Å². The first kappa shape index (κ1) is 17.5. The van der Waals surface area contributed by atoms with Gasteiger partial charge in [-0.1, -0.05) is 42.5 Å². The van der Waals surface area contributed by atoms with Crippen LogP contribution in [0, 0.1) is 0 Å². The fourth-order valence-electron chi connectivity index (χ4n) is 3.31. The number of thioether (sulfide) groups is 1. The van der Waals surface area contributed by atoms with E-state index in [0.717, 1.165) is 21.8 Å². The third kappa shape index (κ3) is 3.27. The zero-order valence-corrected chi connectivity index (χ0v) is 15.4. The Balaban J connectivity index is 1.96. The molecule has 0 saturated carbocycles. The van der Waals surface area contributed by atoms with Crippen LogP contribution in [0.5, 0.6) is 0 Å². The van der Waals surface area contributed by atoms with E-state index in [9.17, 15) is 9.90 Å². The summed E-state index contributed by atoms with van der Waals surface area (Å²) >= 11 is 1.71. The Morgan fingerprint density at radius 2 is 1.70 bits per heavy atom. The predicted octanol–water partition coefficient (Wildman–Crippen LogP) is 4.80. The number of carbonyl (C=O) groups is 1. The van der Waals surface area contributed by atoms with Gasteiger partial charge in [0.15, 0.2) is 0 Å². The highest BCUT2D eigenvalue weighted by Crippen LogP contribution is 2.35. The van der Waals surface area contributed by atoms with E-state index in [1.54, 1.807) is 11.8 Å². The molecule has 1 heterocycles. The number of benzene rings is 3. The lowest BCUT2D eigenvalue weighted by Gasteiger charge is -2.12. The van der Waals surface area contributed by atoms with Gasteiger partial charge in [-0.25, -0.2) is 9.78 Å². The molecule has 4 rings (SSSR count). The Kier molecular flexibility index (Phi) is 4.79. The lowest BCUT2D eigenvalue weighted by molar-refractivity contribution is 0.0701. The lowest BCUT2D eigenvalue weighted by atomic mass is 9.94. The van der Waals surface area contributed by atoms with E-state index >= 15 is 0 Å². The molecule has 3 aromatic carbocycles. The quantitative estimate of drug-likeness (QED) is 0.387. The van der Waals surface area contributed by atoms with Crippen molar-refractivity contribution in [1.82, 2.24) is 4.98 Å². The van der Waals surface area contributed by atoms with Crippen molar-refractivity contribution >= 4 is 39.5 Å². The van der Waals surface area contributed by atoms with E-state index in [2.05, 4.69) is 4.98 Å². The van der Waals surface area contributed by atoms with Crippen LogP contribution < -0.4 is 5.73 Å². The van der Waals surface area contributed by atoms with Crippen molar-refractivity contribution in [1.29, 1.82) is 0 Å². The van der Waals surface area contributed by atoms with Gasteiger partial charge in [0, 0.05) is 28.0 Å². The Hall–Kier alpha value is -2.89. The van der Waals surface area contributed by atoms with E-state index < -0.39 is 5.97 Å². The molecule has 0 saturated heterocycles. The number of rotatable bonds is 5. The summed E-state index contributed by atoms with van der Waals surface area (Å²) in [6, 6.07) is 21.2. The topological polar surface area (TPSA) is 76.2 Å². The molecule has 0 aliphatic carbocycles. The van der Waals surface area contributed by atoms with Crippen LogP contribution in [0.15, 0.2) is 71.6 Å². The zero-order chi connectivity index (χ0) is 18.8. The number of aromatic nitrogens is 1. The van der Waals surface area contributed by atoms with Gasteiger partial charge in [-0.2, -0.15) is 0 Å². The van der Waals surface area contributed by atoms with Gasteiger partial charge in [-0.3, -0.25) is 0 Å². The van der Waals surface area contributed by atoms with Gasteiger partial charge >= 0.3 is 5.97 Å². The molecule has 0 radical (unpaired) electrons. The molecule has 0 aliphatic rings. The lowest BCUT2D eigenvalue weighted by Crippen LogP contribution is -2.02. The first-order valence-electron chi connectivity index (χ1n) is 8.67. The van der Waals surface area contributed by atoms with Gasteiger partial charge in [0.2, 0.25) is 0 Å². The molecule has 0 spiro atoms. The molecule has 3 N–H and O–H groups in total. The molecule has 0 fully saturated rings. The fourth-order valence-corrected chi connectivity index (χ4v) is 4.00. The number of nitrogens with two attached hydrogens (primary N) is 1. The van der Waals surface area contributed by atoms with Crippen LogP contribution >= 0.6 is 11.8 Å². The third-order valence-electron chi connectivity index (χ3n) is 4.47. The summed E-state index contributed by atoms with van der Waals surface area (Å²) in [5.74, 6) is -0.0756.